The summed E-state index contributed by atoms with van der Waals surface area (Å²) in [6, 6.07) is 14.6. The van der Waals surface area contributed by atoms with Gasteiger partial charge in [0.2, 0.25) is 0 Å². The monoisotopic (exact) mass is 534 g/mol. The Bertz CT molecular complexity index is 999. The molecule has 1 aliphatic rings. The molecule has 2 aromatic carbocycles. The van der Waals surface area contributed by atoms with Crippen LogP contribution in [0.4, 0.5) is 11.4 Å². The first-order chi connectivity index (χ1) is 14.4. The summed E-state index contributed by atoms with van der Waals surface area (Å²) < 4.78 is 11.8. The van der Waals surface area contributed by atoms with Crippen LogP contribution in [-0.2, 0) is 19.1 Å². The number of rotatable bonds is 6. The Morgan fingerprint density at radius 1 is 0.867 bits per heavy atom. The highest BCUT2D eigenvalue weighted by molar-refractivity contribution is 9.10. The predicted octanol–water partition coefficient (Wildman–Crippen LogP) is 5.03. The molecule has 2 aromatic rings. The van der Waals surface area contributed by atoms with Gasteiger partial charge in [-0.05, 0) is 54.6 Å². The van der Waals surface area contributed by atoms with E-state index >= 15 is 0 Å². The molecule has 0 amide bonds. The van der Waals surface area contributed by atoms with Crippen molar-refractivity contribution in [3.05, 3.63) is 80.4 Å². The Kier molecular flexibility index (Phi) is 7.33. The standard InChI is InChI=1S/C22H20Br2N2O4/c1-29-21(27)17-11-20(26-16-9-5-14(24)6-10-16)18(22(28)30-2)12-19(17)25-15-7-3-13(23)4-8-15/h3-11,19,25-26H,12H2,1-2H3. The molecule has 1 aliphatic carbocycles. The second-order valence-corrected chi connectivity index (χ2v) is 8.35. The average Bonchev–Trinajstić information content (AvgIpc) is 2.76. The van der Waals surface area contributed by atoms with Crippen LogP contribution in [0.25, 0.3) is 0 Å². The third kappa shape index (κ3) is 5.31. The zero-order valence-corrected chi connectivity index (χ0v) is 19.5. The Labute approximate surface area is 191 Å². The van der Waals surface area contributed by atoms with Crippen molar-refractivity contribution in [2.24, 2.45) is 0 Å². The lowest BCUT2D eigenvalue weighted by atomic mass is 9.90. The number of methoxy groups -OCH3 is 2. The summed E-state index contributed by atoms with van der Waals surface area (Å²) >= 11 is 6.81. The number of halogens is 2. The Balaban J connectivity index is 1.98. The molecule has 156 valence electrons. The molecule has 1 atom stereocenters. The number of carbonyl (C=O) groups is 2. The van der Waals surface area contributed by atoms with Crippen LogP contribution in [0.15, 0.2) is 80.4 Å². The van der Waals surface area contributed by atoms with E-state index in [4.69, 9.17) is 9.47 Å². The van der Waals surface area contributed by atoms with Crippen molar-refractivity contribution in [1.29, 1.82) is 0 Å². The van der Waals surface area contributed by atoms with Gasteiger partial charge in [0.25, 0.3) is 0 Å². The van der Waals surface area contributed by atoms with Gasteiger partial charge in [-0.3, -0.25) is 0 Å². The first kappa shape index (κ1) is 22.1. The number of ether oxygens (including phenoxy) is 2. The van der Waals surface area contributed by atoms with Gasteiger partial charge in [-0.2, -0.15) is 0 Å². The van der Waals surface area contributed by atoms with Crippen molar-refractivity contribution in [3.8, 4) is 0 Å². The molecule has 0 fully saturated rings. The Hall–Kier alpha value is -2.58. The predicted molar refractivity (Wildman–Crippen MR) is 123 cm³/mol. The van der Waals surface area contributed by atoms with E-state index in [0.717, 1.165) is 20.3 Å². The molecule has 8 heteroatoms. The first-order valence-corrected chi connectivity index (χ1v) is 10.7. The fourth-order valence-electron chi connectivity index (χ4n) is 3.08. The van der Waals surface area contributed by atoms with Crippen molar-refractivity contribution in [1.82, 2.24) is 0 Å². The van der Waals surface area contributed by atoms with Crippen LogP contribution in [0.3, 0.4) is 0 Å². The number of nitrogens with one attached hydrogen (secondary N) is 2. The molecule has 2 N–H and O–H groups in total. The highest BCUT2D eigenvalue weighted by Gasteiger charge is 2.32. The van der Waals surface area contributed by atoms with Crippen molar-refractivity contribution in [3.63, 3.8) is 0 Å². The van der Waals surface area contributed by atoms with E-state index in [1.54, 1.807) is 6.08 Å². The van der Waals surface area contributed by atoms with Crippen LogP contribution >= 0.6 is 31.9 Å². The maximum atomic E-state index is 12.5. The number of hydrogen-bond acceptors (Lipinski definition) is 6. The zero-order chi connectivity index (χ0) is 21.7. The van der Waals surface area contributed by atoms with Gasteiger partial charge in [0.15, 0.2) is 0 Å². The molecule has 6 nitrogen and oxygen atoms in total. The molecule has 0 saturated carbocycles. The van der Waals surface area contributed by atoms with Gasteiger partial charge in [0.05, 0.1) is 31.4 Å². The number of anilines is 2. The van der Waals surface area contributed by atoms with E-state index in [1.807, 2.05) is 48.5 Å². The third-order valence-corrected chi connectivity index (χ3v) is 5.63. The normalized spacial score (nSPS) is 15.9. The van der Waals surface area contributed by atoms with Crippen LogP contribution in [0.2, 0.25) is 0 Å². The molecule has 0 radical (unpaired) electrons. The molecule has 0 aliphatic heterocycles. The average molecular weight is 536 g/mol. The van der Waals surface area contributed by atoms with Crippen LogP contribution in [0.1, 0.15) is 6.42 Å². The second kappa shape index (κ2) is 9.95. The number of allylic oxidation sites excluding steroid dienone is 1. The molecule has 3 rings (SSSR count). The van der Waals surface area contributed by atoms with Gasteiger partial charge in [-0.1, -0.05) is 31.9 Å². The zero-order valence-electron chi connectivity index (χ0n) is 16.4. The Morgan fingerprint density at radius 2 is 1.40 bits per heavy atom. The van der Waals surface area contributed by atoms with E-state index in [-0.39, 0.29) is 6.42 Å². The maximum Gasteiger partial charge on any atom is 0.335 e. The summed E-state index contributed by atoms with van der Waals surface area (Å²) in [4.78, 5) is 25.0. The number of benzene rings is 2. The van der Waals surface area contributed by atoms with Gasteiger partial charge in [-0.15, -0.1) is 0 Å². The van der Waals surface area contributed by atoms with E-state index < -0.39 is 18.0 Å². The quantitative estimate of drug-likeness (QED) is 0.505. The van der Waals surface area contributed by atoms with Crippen LogP contribution in [0, 0.1) is 0 Å². The van der Waals surface area contributed by atoms with E-state index in [1.165, 1.54) is 14.2 Å². The highest BCUT2D eigenvalue weighted by Crippen LogP contribution is 2.30. The highest BCUT2D eigenvalue weighted by atomic mass is 79.9. The fourth-order valence-corrected chi connectivity index (χ4v) is 3.61. The van der Waals surface area contributed by atoms with E-state index in [2.05, 4.69) is 42.5 Å². The molecular formula is C22H20Br2N2O4. The van der Waals surface area contributed by atoms with Gasteiger partial charge in [0, 0.05) is 32.4 Å². The largest absolute Gasteiger partial charge is 0.466 e. The summed E-state index contributed by atoms with van der Waals surface area (Å²) in [5, 5.41) is 6.52. The molecule has 30 heavy (non-hydrogen) atoms. The molecule has 0 spiro atoms. The SMILES string of the molecule is COC(=O)C1=CC(Nc2ccc(Br)cc2)=C(C(=O)OC)CC1Nc1ccc(Br)cc1. The first-order valence-electron chi connectivity index (χ1n) is 9.07. The number of hydrogen-bond donors (Lipinski definition) is 2. The van der Waals surface area contributed by atoms with Crippen LogP contribution in [0.5, 0.6) is 0 Å². The minimum atomic E-state index is -0.469. The van der Waals surface area contributed by atoms with Gasteiger partial charge >= 0.3 is 11.9 Å². The van der Waals surface area contributed by atoms with Crippen molar-refractivity contribution in [2.45, 2.75) is 12.5 Å². The smallest absolute Gasteiger partial charge is 0.335 e. The Morgan fingerprint density at radius 3 is 1.93 bits per heavy atom. The molecule has 0 bridgehead atoms. The van der Waals surface area contributed by atoms with Crippen molar-refractivity contribution >= 4 is 55.2 Å². The second-order valence-electron chi connectivity index (χ2n) is 6.51. The van der Waals surface area contributed by atoms with Crippen molar-refractivity contribution < 1.29 is 19.1 Å². The number of esters is 2. The van der Waals surface area contributed by atoms with E-state index in [0.29, 0.717) is 16.8 Å². The van der Waals surface area contributed by atoms with Gasteiger partial charge in [-0.25, -0.2) is 9.59 Å². The third-order valence-electron chi connectivity index (χ3n) is 4.57. The lowest BCUT2D eigenvalue weighted by Crippen LogP contribution is -2.33. The summed E-state index contributed by atoms with van der Waals surface area (Å²) in [5.41, 5.74) is 2.93. The summed E-state index contributed by atoms with van der Waals surface area (Å²) in [7, 11) is 2.67. The minimum Gasteiger partial charge on any atom is -0.466 e. The lowest BCUT2D eigenvalue weighted by molar-refractivity contribution is -0.138. The summed E-state index contributed by atoms with van der Waals surface area (Å²) in [6.45, 7) is 0. The van der Waals surface area contributed by atoms with Gasteiger partial charge in [0.1, 0.15) is 0 Å². The lowest BCUT2D eigenvalue weighted by Gasteiger charge is -2.28. The fraction of sp³-hybridized carbons (Fsp3) is 0.182. The van der Waals surface area contributed by atoms with E-state index in [9.17, 15) is 9.59 Å². The molecule has 0 heterocycles. The molecule has 0 aromatic heterocycles. The molecular weight excluding hydrogens is 516 g/mol. The van der Waals surface area contributed by atoms with Crippen molar-refractivity contribution in [2.75, 3.05) is 24.9 Å². The number of carbonyl (C=O) groups excluding carboxylic acids is 2. The minimum absolute atomic E-state index is 0.253. The summed E-state index contributed by atoms with van der Waals surface area (Å²) in [6.07, 6.45) is 1.89. The topological polar surface area (TPSA) is 76.7 Å². The molecule has 0 saturated heterocycles. The molecule has 1 unspecified atom stereocenters. The maximum absolute atomic E-state index is 12.5. The summed E-state index contributed by atoms with van der Waals surface area (Å²) in [5.74, 6) is -0.930. The van der Waals surface area contributed by atoms with Gasteiger partial charge < -0.3 is 20.1 Å². The van der Waals surface area contributed by atoms with Crippen LogP contribution in [-0.4, -0.2) is 32.2 Å². The van der Waals surface area contributed by atoms with Crippen LogP contribution < -0.4 is 10.6 Å².